The van der Waals surface area contributed by atoms with Gasteiger partial charge in [-0.1, -0.05) is 27.7 Å². The first kappa shape index (κ1) is 10.7. The molecule has 0 saturated carbocycles. The summed E-state index contributed by atoms with van der Waals surface area (Å²) in [5.41, 5.74) is 1.33. The fraction of sp³-hybridized carbons (Fsp3) is 0.727. The molecule has 0 aliphatic rings. The molecular weight excluding hydrogens is 178 g/mol. The van der Waals surface area contributed by atoms with Gasteiger partial charge in [0.05, 0.1) is 10.7 Å². The highest BCUT2D eigenvalue weighted by molar-refractivity contribution is 7.11. The van der Waals surface area contributed by atoms with E-state index in [-0.39, 0.29) is 0 Å². The molecule has 0 amide bonds. The maximum atomic E-state index is 4.59. The molecule has 0 unspecified atom stereocenters. The summed E-state index contributed by atoms with van der Waals surface area (Å²) < 4.78 is 0. The zero-order valence-corrected chi connectivity index (χ0v) is 10.0. The van der Waals surface area contributed by atoms with Crippen LogP contribution in [0, 0.1) is 12.8 Å². The number of aryl methyl sites for hydroxylation is 1. The third-order valence-electron chi connectivity index (χ3n) is 1.96. The third-order valence-corrected chi connectivity index (χ3v) is 3.27. The average Bonchev–Trinajstić information content (AvgIpc) is 2.29. The van der Waals surface area contributed by atoms with Gasteiger partial charge in [-0.05, 0) is 25.2 Å². The van der Waals surface area contributed by atoms with Crippen molar-refractivity contribution < 1.29 is 0 Å². The molecule has 0 fully saturated rings. The molecule has 0 aliphatic heterocycles. The topological polar surface area (TPSA) is 12.9 Å². The second-order valence-corrected chi connectivity index (χ2v) is 5.53. The summed E-state index contributed by atoms with van der Waals surface area (Å²) in [6, 6.07) is 0. The molecule has 0 atom stereocenters. The fourth-order valence-corrected chi connectivity index (χ4v) is 2.43. The number of hydrogen-bond acceptors (Lipinski definition) is 2. The van der Waals surface area contributed by atoms with Gasteiger partial charge in [0.2, 0.25) is 0 Å². The van der Waals surface area contributed by atoms with Crippen molar-refractivity contribution in [3.05, 3.63) is 15.6 Å². The second-order valence-electron chi connectivity index (χ2n) is 4.30. The van der Waals surface area contributed by atoms with Crippen LogP contribution in [0.4, 0.5) is 0 Å². The number of hydrogen-bond donors (Lipinski definition) is 0. The smallest absolute Gasteiger partial charge is 0.0900 e. The molecular formula is C11H19NS. The van der Waals surface area contributed by atoms with Crippen molar-refractivity contribution in [2.45, 2.75) is 47.0 Å². The zero-order chi connectivity index (χ0) is 10.0. The van der Waals surface area contributed by atoms with Crippen LogP contribution in [0.5, 0.6) is 0 Å². The minimum atomic E-state index is 0.625. The third kappa shape index (κ3) is 2.80. The van der Waals surface area contributed by atoms with Crippen LogP contribution in [0.15, 0.2) is 0 Å². The van der Waals surface area contributed by atoms with Crippen LogP contribution in [0.25, 0.3) is 0 Å². The molecule has 0 aliphatic carbocycles. The molecule has 1 rings (SSSR count). The number of rotatable bonds is 3. The normalized spacial score (nSPS) is 11.6. The summed E-state index contributed by atoms with van der Waals surface area (Å²) in [6.45, 7) is 11.1. The lowest BCUT2D eigenvalue weighted by atomic mass is 10.0. The van der Waals surface area contributed by atoms with E-state index < -0.39 is 0 Å². The van der Waals surface area contributed by atoms with E-state index in [4.69, 9.17) is 0 Å². The Hall–Kier alpha value is -0.370. The quantitative estimate of drug-likeness (QED) is 0.718. The van der Waals surface area contributed by atoms with E-state index in [0.717, 1.165) is 6.42 Å². The molecule has 0 N–H and O–H groups in total. The molecule has 2 heteroatoms. The maximum Gasteiger partial charge on any atom is 0.0900 e. The Balaban J connectivity index is 2.91. The van der Waals surface area contributed by atoms with Gasteiger partial charge in [-0.25, -0.2) is 4.98 Å². The number of aromatic nitrogens is 1. The van der Waals surface area contributed by atoms with Gasteiger partial charge in [-0.2, -0.15) is 0 Å². The monoisotopic (exact) mass is 197 g/mol. The molecule has 74 valence electrons. The van der Waals surface area contributed by atoms with Crippen LogP contribution in [0.2, 0.25) is 0 Å². The van der Waals surface area contributed by atoms with Crippen molar-refractivity contribution in [1.82, 2.24) is 4.98 Å². The lowest BCUT2D eigenvalue weighted by molar-refractivity contribution is 0.629. The van der Waals surface area contributed by atoms with Crippen LogP contribution in [-0.4, -0.2) is 4.98 Å². The molecule has 0 saturated heterocycles. The summed E-state index contributed by atoms with van der Waals surface area (Å²) in [4.78, 5) is 6.07. The molecule has 1 nitrogen and oxygen atoms in total. The summed E-state index contributed by atoms with van der Waals surface area (Å²) in [6.07, 6.45) is 1.12. The molecule has 0 bridgehead atoms. The Labute approximate surface area is 85.2 Å². The lowest BCUT2D eigenvalue weighted by Crippen LogP contribution is -1.99. The molecule has 0 spiro atoms. The van der Waals surface area contributed by atoms with Crippen molar-refractivity contribution in [3.63, 3.8) is 0 Å². The van der Waals surface area contributed by atoms with Crippen molar-refractivity contribution in [2.75, 3.05) is 0 Å². The second kappa shape index (κ2) is 4.23. The maximum absolute atomic E-state index is 4.59. The first-order valence-corrected chi connectivity index (χ1v) is 5.78. The number of thiazole rings is 1. The molecule has 13 heavy (non-hydrogen) atoms. The van der Waals surface area contributed by atoms with Gasteiger partial charge in [-0.15, -0.1) is 11.3 Å². The molecule has 1 aromatic rings. The van der Waals surface area contributed by atoms with Crippen LogP contribution in [0.1, 0.15) is 49.2 Å². The standard InChI is InChI=1S/C11H19NS/c1-7(2)6-10-11(8(3)4)13-9(5)12-10/h7-8H,6H2,1-5H3. The molecule has 0 radical (unpaired) electrons. The van der Waals surface area contributed by atoms with E-state index >= 15 is 0 Å². The Morgan fingerprint density at radius 1 is 1.23 bits per heavy atom. The predicted molar refractivity (Wildman–Crippen MR) is 59.5 cm³/mol. The summed E-state index contributed by atoms with van der Waals surface area (Å²) in [5.74, 6) is 1.33. The Morgan fingerprint density at radius 2 is 1.85 bits per heavy atom. The fourth-order valence-electron chi connectivity index (χ4n) is 1.47. The highest BCUT2D eigenvalue weighted by atomic mass is 32.1. The van der Waals surface area contributed by atoms with E-state index in [1.54, 1.807) is 0 Å². The first-order chi connectivity index (χ1) is 6.00. The van der Waals surface area contributed by atoms with Crippen molar-refractivity contribution >= 4 is 11.3 Å². The van der Waals surface area contributed by atoms with Crippen molar-refractivity contribution in [2.24, 2.45) is 5.92 Å². The SMILES string of the molecule is Cc1nc(CC(C)C)c(C(C)C)s1. The zero-order valence-electron chi connectivity index (χ0n) is 9.22. The van der Waals surface area contributed by atoms with Crippen molar-refractivity contribution in [3.8, 4) is 0 Å². The van der Waals surface area contributed by atoms with Gasteiger partial charge < -0.3 is 0 Å². The van der Waals surface area contributed by atoms with Crippen LogP contribution < -0.4 is 0 Å². The van der Waals surface area contributed by atoms with E-state index in [9.17, 15) is 0 Å². The molecule has 1 aromatic heterocycles. The molecule has 1 heterocycles. The summed E-state index contributed by atoms with van der Waals surface area (Å²) >= 11 is 1.85. The van der Waals surface area contributed by atoms with E-state index in [2.05, 4.69) is 39.6 Å². The highest BCUT2D eigenvalue weighted by Gasteiger charge is 2.12. The number of nitrogens with zero attached hydrogens (tertiary/aromatic N) is 1. The predicted octanol–water partition coefficient (Wildman–Crippen LogP) is 3.77. The van der Waals surface area contributed by atoms with Crippen LogP contribution in [-0.2, 0) is 6.42 Å². The van der Waals surface area contributed by atoms with Crippen LogP contribution >= 0.6 is 11.3 Å². The first-order valence-electron chi connectivity index (χ1n) is 4.97. The van der Waals surface area contributed by atoms with Gasteiger partial charge in [0.1, 0.15) is 0 Å². The van der Waals surface area contributed by atoms with E-state index in [1.807, 2.05) is 11.3 Å². The Kier molecular flexibility index (Phi) is 3.48. The lowest BCUT2D eigenvalue weighted by Gasteiger charge is -2.06. The van der Waals surface area contributed by atoms with E-state index in [0.29, 0.717) is 11.8 Å². The van der Waals surface area contributed by atoms with Gasteiger partial charge in [0, 0.05) is 4.88 Å². The largest absolute Gasteiger partial charge is 0.246 e. The minimum Gasteiger partial charge on any atom is -0.246 e. The Morgan fingerprint density at radius 3 is 2.31 bits per heavy atom. The highest BCUT2D eigenvalue weighted by Crippen LogP contribution is 2.27. The minimum absolute atomic E-state index is 0.625. The Bertz CT molecular complexity index is 274. The van der Waals surface area contributed by atoms with Gasteiger partial charge in [0.25, 0.3) is 0 Å². The average molecular weight is 197 g/mol. The summed E-state index contributed by atoms with van der Waals surface area (Å²) in [7, 11) is 0. The van der Waals surface area contributed by atoms with E-state index in [1.165, 1.54) is 15.6 Å². The van der Waals surface area contributed by atoms with Gasteiger partial charge in [0.15, 0.2) is 0 Å². The van der Waals surface area contributed by atoms with Crippen molar-refractivity contribution in [1.29, 1.82) is 0 Å². The van der Waals surface area contributed by atoms with Gasteiger partial charge >= 0.3 is 0 Å². The van der Waals surface area contributed by atoms with Gasteiger partial charge in [-0.3, -0.25) is 0 Å². The summed E-state index contributed by atoms with van der Waals surface area (Å²) in [5, 5.41) is 1.21. The molecule has 0 aromatic carbocycles. The van der Waals surface area contributed by atoms with Crippen LogP contribution in [0.3, 0.4) is 0 Å².